The minimum absolute atomic E-state index is 0.00462. The van der Waals surface area contributed by atoms with Crippen LogP contribution >= 0.6 is 11.6 Å². The van der Waals surface area contributed by atoms with Gasteiger partial charge in [0.05, 0.1) is 6.04 Å². The zero-order valence-electron chi connectivity index (χ0n) is 17.2. The van der Waals surface area contributed by atoms with Gasteiger partial charge < -0.3 is 4.90 Å². The van der Waals surface area contributed by atoms with E-state index < -0.39 is 0 Å². The number of hydrogen-bond acceptors (Lipinski definition) is 2. The van der Waals surface area contributed by atoms with Crippen LogP contribution in [0.25, 0.3) is 0 Å². The molecule has 1 atom stereocenters. The highest BCUT2D eigenvalue weighted by Crippen LogP contribution is 2.39. The van der Waals surface area contributed by atoms with Gasteiger partial charge in [0.1, 0.15) is 0 Å². The molecule has 4 heteroatoms. The van der Waals surface area contributed by atoms with E-state index in [1.54, 1.807) is 0 Å². The van der Waals surface area contributed by atoms with Crippen molar-refractivity contribution in [2.24, 2.45) is 0 Å². The molecule has 5 rings (SSSR count). The third-order valence-electron chi connectivity index (χ3n) is 5.85. The summed E-state index contributed by atoms with van der Waals surface area (Å²) in [4.78, 5) is 27.8. The highest BCUT2D eigenvalue weighted by molar-refractivity contribution is 6.30. The first-order valence-corrected chi connectivity index (χ1v) is 10.8. The molecule has 0 radical (unpaired) electrons. The molecule has 0 N–H and O–H groups in total. The zero-order chi connectivity index (χ0) is 22.1. The number of halogens is 1. The largest absolute Gasteiger partial charge is 0.323 e. The maximum absolute atomic E-state index is 13.3. The Morgan fingerprint density at radius 3 is 2.09 bits per heavy atom. The molecule has 0 spiro atoms. The van der Waals surface area contributed by atoms with E-state index in [9.17, 15) is 9.59 Å². The molecule has 32 heavy (non-hydrogen) atoms. The van der Waals surface area contributed by atoms with Crippen molar-refractivity contribution >= 4 is 23.3 Å². The molecule has 1 amide bonds. The Kier molecular flexibility index (Phi) is 5.34. The number of ketones is 1. The maximum Gasteiger partial charge on any atom is 0.255 e. The van der Waals surface area contributed by atoms with Gasteiger partial charge in [-0.25, -0.2) is 0 Å². The predicted molar refractivity (Wildman–Crippen MR) is 126 cm³/mol. The van der Waals surface area contributed by atoms with Gasteiger partial charge in [0.15, 0.2) is 5.78 Å². The number of carbonyl (C=O) groups is 2. The molecule has 0 bridgehead atoms. The summed E-state index contributed by atoms with van der Waals surface area (Å²) in [6.07, 6.45) is 0. The highest BCUT2D eigenvalue weighted by atomic mass is 35.5. The summed E-state index contributed by atoms with van der Waals surface area (Å²) >= 11 is 6.09. The van der Waals surface area contributed by atoms with Crippen LogP contribution < -0.4 is 0 Å². The Morgan fingerprint density at radius 2 is 1.38 bits per heavy atom. The molecule has 1 aliphatic heterocycles. The number of carbonyl (C=O) groups excluding carboxylic acids is 2. The highest BCUT2D eigenvalue weighted by Gasteiger charge is 2.37. The fraction of sp³-hybridized carbons (Fsp3) is 0.0714. The standard InChI is InChI=1S/C28H20ClNO2/c29-23-16-14-20(15-17-23)26-24-8-4-5-9-25(24)28(32)30(26)18-19-10-12-22(13-11-19)27(31)21-6-2-1-3-7-21/h1-17,26H,18H2. The van der Waals surface area contributed by atoms with Crippen LogP contribution in [-0.2, 0) is 6.54 Å². The Balaban J connectivity index is 1.44. The van der Waals surface area contributed by atoms with Gasteiger partial charge in [-0.15, -0.1) is 0 Å². The number of rotatable bonds is 5. The van der Waals surface area contributed by atoms with Crippen molar-refractivity contribution in [3.05, 3.63) is 142 Å². The molecule has 1 heterocycles. The molecule has 1 aliphatic rings. The minimum Gasteiger partial charge on any atom is -0.323 e. The average molecular weight is 438 g/mol. The molecule has 0 saturated heterocycles. The quantitative estimate of drug-likeness (QED) is 0.343. The van der Waals surface area contributed by atoms with Crippen LogP contribution in [0.4, 0.5) is 0 Å². The monoisotopic (exact) mass is 437 g/mol. The van der Waals surface area contributed by atoms with E-state index in [0.717, 1.165) is 22.3 Å². The number of fused-ring (bicyclic) bond motifs is 1. The summed E-state index contributed by atoms with van der Waals surface area (Å²) in [5, 5.41) is 0.664. The Hall–Kier alpha value is -3.69. The Morgan fingerprint density at radius 1 is 0.750 bits per heavy atom. The molecule has 156 valence electrons. The summed E-state index contributed by atoms with van der Waals surface area (Å²) in [5.41, 5.74) is 5.00. The van der Waals surface area contributed by atoms with Gasteiger partial charge in [-0.3, -0.25) is 9.59 Å². The summed E-state index contributed by atoms with van der Waals surface area (Å²) in [5.74, 6) is -0.00849. The summed E-state index contributed by atoms with van der Waals surface area (Å²) in [6, 6.07) is 31.9. The molecule has 0 aliphatic carbocycles. The molecule has 4 aromatic rings. The van der Waals surface area contributed by atoms with Crippen molar-refractivity contribution in [3.63, 3.8) is 0 Å². The van der Waals surface area contributed by atoms with Crippen molar-refractivity contribution in [2.45, 2.75) is 12.6 Å². The van der Waals surface area contributed by atoms with Crippen LogP contribution in [0.2, 0.25) is 5.02 Å². The third-order valence-corrected chi connectivity index (χ3v) is 6.10. The van der Waals surface area contributed by atoms with Crippen LogP contribution in [0.3, 0.4) is 0 Å². The van der Waals surface area contributed by atoms with Crippen molar-refractivity contribution in [1.29, 1.82) is 0 Å². The van der Waals surface area contributed by atoms with Crippen molar-refractivity contribution in [1.82, 2.24) is 4.90 Å². The normalized spacial score (nSPS) is 15.0. The van der Waals surface area contributed by atoms with Gasteiger partial charge >= 0.3 is 0 Å². The second-order valence-electron chi connectivity index (χ2n) is 7.87. The topological polar surface area (TPSA) is 37.4 Å². The molecular formula is C28H20ClNO2. The van der Waals surface area contributed by atoms with Gasteiger partial charge in [0.2, 0.25) is 0 Å². The van der Waals surface area contributed by atoms with Crippen molar-refractivity contribution < 1.29 is 9.59 Å². The van der Waals surface area contributed by atoms with E-state index in [4.69, 9.17) is 11.6 Å². The molecule has 0 saturated carbocycles. The first-order valence-electron chi connectivity index (χ1n) is 10.5. The molecular weight excluding hydrogens is 418 g/mol. The second-order valence-corrected chi connectivity index (χ2v) is 8.30. The third kappa shape index (κ3) is 3.72. The number of nitrogens with zero attached hydrogens (tertiary/aromatic N) is 1. The summed E-state index contributed by atoms with van der Waals surface area (Å²) < 4.78 is 0. The van der Waals surface area contributed by atoms with E-state index in [1.807, 2.05) is 108 Å². The smallest absolute Gasteiger partial charge is 0.255 e. The number of amides is 1. The lowest BCUT2D eigenvalue weighted by molar-refractivity contribution is 0.0735. The summed E-state index contributed by atoms with van der Waals surface area (Å²) in [7, 11) is 0. The maximum atomic E-state index is 13.3. The SMILES string of the molecule is O=C(c1ccccc1)c1ccc(CN2C(=O)c3ccccc3C2c2ccc(Cl)cc2)cc1. The number of hydrogen-bond donors (Lipinski definition) is 0. The lowest BCUT2D eigenvalue weighted by Crippen LogP contribution is -2.28. The lowest BCUT2D eigenvalue weighted by Gasteiger charge is -2.26. The Labute approximate surface area is 191 Å². The molecule has 0 aromatic heterocycles. The van der Waals surface area contributed by atoms with Crippen LogP contribution in [-0.4, -0.2) is 16.6 Å². The van der Waals surface area contributed by atoms with Gasteiger partial charge in [0, 0.05) is 28.3 Å². The molecule has 4 aromatic carbocycles. The van der Waals surface area contributed by atoms with E-state index >= 15 is 0 Å². The van der Waals surface area contributed by atoms with Crippen LogP contribution in [0.5, 0.6) is 0 Å². The lowest BCUT2D eigenvalue weighted by atomic mass is 9.97. The first kappa shape index (κ1) is 20.2. The zero-order valence-corrected chi connectivity index (χ0v) is 18.0. The first-order chi connectivity index (χ1) is 15.6. The molecule has 1 unspecified atom stereocenters. The van der Waals surface area contributed by atoms with E-state index in [2.05, 4.69) is 0 Å². The van der Waals surface area contributed by atoms with Gasteiger partial charge in [-0.1, -0.05) is 96.5 Å². The van der Waals surface area contributed by atoms with Gasteiger partial charge in [-0.2, -0.15) is 0 Å². The average Bonchev–Trinajstić information content (AvgIpc) is 3.12. The van der Waals surface area contributed by atoms with Crippen molar-refractivity contribution in [2.75, 3.05) is 0 Å². The second kappa shape index (κ2) is 8.45. The van der Waals surface area contributed by atoms with Gasteiger partial charge in [-0.05, 0) is 34.9 Å². The number of benzene rings is 4. The summed E-state index contributed by atoms with van der Waals surface area (Å²) in [6.45, 7) is 0.445. The molecule has 0 fully saturated rings. The van der Waals surface area contributed by atoms with Crippen molar-refractivity contribution in [3.8, 4) is 0 Å². The Bertz CT molecular complexity index is 1280. The van der Waals surface area contributed by atoms with Crippen LogP contribution in [0.15, 0.2) is 103 Å². The minimum atomic E-state index is -0.179. The van der Waals surface area contributed by atoms with E-state index in [0.29, 0.717) is 22.7 Å². The molecule has 3 nitrogen and oxygen atoms in total. The van der Waals surface area contributed by atoms with Crippen LogP contribution in [0, 0.1) is 0 Å². The van der Waals surface area contributed by atoms with Gasteiger partial charge in [0.25, 0.3) is 5.91 Å². The fourth-order valence-corrected chi connectivity index (χ4v) is 4.38. The van der Waals surface area contributed by atoms with Crippen LogP contribution in [0.1, 0.15) is 49.0 Å². The predicted octanol–water partition coefficient (Wildman–Crippen LogP) is 6.32. The fourth-order valence-electron chi connectivity index (χ4n) is 4.25. The van der Waals surface area contributed by atoms with E-state index in [-0.39, 0.29) is 17.7 Å². The van der Waals surface area contributed by atoms with E-state index in [1.165, 1.54) is 0 Å².